The minimum Gasteiger partial charge on any atom is -0.352 e. The Balaban J connectivity index is 1.66. The fourth-order valence-corrected chi connectivity index (χ4v) is 3.71. The number of thioether (sulfide) groups is 1. The molecule has 0 radical (unpaired) electrons. The van der Waals surface area contributed by atoms with Crippen molar-refractivity contribution in [2.45, 2.75) is 50.2 Å². The van der Waals surface area contributed by atoms with E-state index < -0.39 is 6.04 Å². The zero-order valence-corrected chi connectivity index (χ0v) is 17.7. The number of nitrogens with zero attached hydrogens (tertiary/aromatic N) is 1. The van der Waals surface area contributed by atoms with Gasteiger partial charge in [0, 0.05) is 17.4 Å². The van der Waals surface area contributed by atoms with E-state index in [1.54, 1.807) is 24.8 Å². The van der Waals surface area contributed by atoms with Crippen LogP contribution in [0.2, 0.25) is 0 Å². The number of fused-ring (bicyclic) bond motifs is 1. The zero-order valence-electron chi connectivity index (χ0n) is 16.9. The van der Waals surface area contributed by atoms with E-state index in [1.807, 2.05) is 56.3 Å². The normalized spacial score (nSPS) is 13.1. The van der Waals surface area contributed by atoms with Crippen molar-refractivity contribution in [1.82, 2.24) is 20.6 Å². The van der Waals surface area contributed by atoms with Crippen LogP contribution < -0.4 is 10.6 Å². The van der Waals surface area contributed by atoms with Gasteiger partial charge < -0.3 is 15.6 Å². The van der Waals surface area contributed by atoms with Gasteiger partial charge >= 0.3 is 0 Å². The molecule has 3 rings (SSSR count). The van der Waals surface area contributed by atoms with Gasteiger partial charge in [0.1, 0.15) is 6.04 Å². The predicted octanol–water partition coefficient (Wildman–Crippen LogP) is 3.89. The molecule has 1 aromatic heterocycles. The number of carbonyl (C=O) groups excluding carboxylic acids is 2. The summed E-state index contributed by atoms with van der Waals surface area (Å²) in [6, 6.07) is 14.8. The van der Waals surface area contributed by atoms with E-state index in [1.165, 1.54) is 0 Å². The lowest BCUT2D eigenvalue weighted by molar-refractivity contribution is -0.123. The predicted molar refractivity (Wildman–Crippen MR) is 117 cm³/mol. The Labute approximate surface area is 174 Å². The topological polar surface area (TPSA) is 86.9 Å². The summed E-state index contributed by atoms with van der Waals surface area (Å²) in [5.41, 5.74) is 3.37. The highest BCUT2D eigenvalue weighted by molar-refractivity contribution is 7.98. The highest BCUT2D eigenvalue weighted by Crippen LogP contribution is 2.24. The van der Waals surface area contributed by atoms with Crippen LogP contribution in [0.4, 0.5) is 0 Å². The molecule has 0 aliphatic carbocycles. The van der Waals surface area contributed by atoms with Crippen molar-refractivity contribution in [2.24, 2.45) is 0 Å². The van der Waals surface area contributed by atoms with E-state index in [9.17, 15) is 9.59 Å². The molecule has 1 heterocycles. The van der Waals surface area contributed by atoms with Gasteiger partial charge in [-0.2, -0.15) is 0 Å². The second kappa shape index (κ2) is 9.60. The van der Waals surface area contributed by atoms with Gasteiger partial charge in [-0.25, -0.2) is 4.98 Å². The summed E-state index contributed by atoms with van der Waals surface area (Å²) >= 11 is 1.54. The van der Waals surface area contributed by atoms with E-state index in [0.717, 1.165) is 28.2 Å². The van der Waals surface area contributed by atoms with Crippen LogP contribution in [0.1, 0.15) is 43.1 Å². The lowest BCUT2D eigenvalue weighted by Crippen LogP contribution is -2.47. The molecule has 152 valence electrons. The van der Waals surface area contributed by atoms with Crippen LogP contribution in [0.25, 0.3) is 11.0 Å². The molecule has 2 aromatic carbocycles. The van der Waals surface area contributed by atoms with Crippen LogP contribution in [0.3, 0.4) is 0 Å². The Kier molecular flexibility index (Phi) is 6.93. The highest BCUT2D eigenvalue weighted by Gasteiger charge is 2.19. The van der Waals surface area contributed by atoms with E-state index in [-0.39, 0.29) is 17.9 Å². The number of amides is 2. The average Bonchev–Trinajstić information content (AvgIpc) is 3.15. The summed E-state index contributed by atoms with van der Waals surface area (Å²) < 4.78 is 0. The number of nitrogens with one attached hydrogen (secondary N) is 3. The van der Waals surface area contributed by atoms with Gasteiger partial charge in [0.2, 0.25) is 5.91 Å². The molecule has 29 heavy (non-hydrogen) atoms. The first-order valence-corrected chi connectivity index (χ1v) is 10.7. The molecule has 2 atom stereocenters. The number of aromatic nitrogens is 2. The van der Waals surface area contributed by atoms with Crippen LogP contribution in [-0.2, 0) is 10.5 Å². The Morgan fingerprint density at radius 3 is 2.55 bits per heavy atom. The molecule has 0 bridgehead atoms. The van der Waals surface area contributed by atoms with Crippen molar-refractivity contribution in [3.63, 3.8) is 0 Å². The molecule has 0 spiro atoms. The van der Waals surface area contributed by atoms with Gasteiger partial charge in [0.05, 0.1) is 11.0 Å². The number of aromatic amines is 1. The van der Waals surface area contributed by atoms with Crippen molar-refractivity contribution in [3.8, 4) is 0 Å². The SMILES string of the molecule is CCC(C)NC(=O)C(C)NC(=O)c1ccccc1CSc1nc2ccccc2[nH]1. The summed E-state index contributed by atoms with van der Waals surface area (Å²) in [5, 5.41) is 6.50. The van der Waals surface area contributed by atoms with E-state index in [0.29, 0.717) is 11.3 Å². The third-order valence-corrected chi connectivity index (χ3v) is 5.66. The lowest BCUT2D eigenvalue weighted by atomic mass is 10.1. The van der Waals surface area contributed by atoms with Crippen molar-refractivity contribution in [3.05, 3.63) is 59.7 Å². The summed E-state index contributed by atoms with van der Waals surface area (Å²) in [6.45, 7) is 5.64. The first-order chi connectivity index (χ1) is 14.0. The van der Waals surface area contributed by atoms with Gasteiger partial charge in [-0.05, 0) is 44.0 Å². The van der Waals surface area contributed by atoms with Crippen molar-refractivity contribution >= 4 is 34.6 Å². The van der Waals surface area contributed by atoms with Gasteiger partial charge in [-0.1, -0.05) is 49.0 Å². The van der Waals surface area contributed by atoms with Crippen LogP contribution in [-0.4, -0.2) is 33.9 Å². The summed E-state index contributed by atoms with van der Waals surface area (Å²) in [6.07, 6.45) is 0.842. The second-order valence-corrected chi connectivity index (χ2v) is 7.98. The van der Waals surface area contributed by atoms with E-state index in [4.69, 9.17) is 0 Å². The smallest absolute Gasteiger partial charge is 0.252 e. The van der Waals surface area contributed by atoms with E-state index >= 15 is 0 Å². The molecule has 7 heteroatoms. The monoisotopic (exact) mass is 410 g/mol. The fraction of sp³-hybridized carbons (Fsp3) is 0.318. The molecule has 0 saturated heterocycles. The maximum atomic E-state index is 12.8. The van der Waals surface area contributed by atoms with Gasteiger partial charge in [-0.15, -0.1) is 0 Å². The largest absolute Gasteiger partial charge is 0.352 e. The maximum absolute atomic E-state index is 12.8. The number of rotatable bonds is 8. The minimum absolute atomic E-state index is 0.0781. The molecular formula is C22H26N4O2S. The number of para-hydroxylation sites is 2. The fourth-order valence-electron chi connectivity index (χ4n) is 2.82. The number of hydrogen-bond donors (Lipinski definition) is 3. The van der Waals surface area contributed by atoms with Crippen molar-refractivity contribution in [2.75, 3.05) is 0 Å². The number of imidazole rings is 1. The van der Waals surface area contributed by atoms with Gasteiger partial charge in [0.25, 0.3) is 5.91 Å². The molecule has 6 nitrogen and oxygen atoms in total. The van der Waals surface area contributed by atoms with Crippen LogP contribution in [0.5, 0.6) is 0 Å². The second-order valence-electron chi connectivity index (χ2n) is 7.02. The molecule has 0 saturated carbocycles. The maximum Gasteiger partial charge on any atom is 0.252 e. The standard InChI is InChI=1S/C22H26N4O2S/c1-4-14(2)23-20(27)15(3)24-21(28)17-10-6-5-9-16(17)13-29-22-25-18-11-7-8-12-19(18)26-22/h5-12,14-15H,4,13H2,1-3H3,(H,23,27)(H,24,28)(H,25,26). The van der Waals surface area contributed by atoms with Crippen LogP contribution in [0, 0.1) is 0 Å². The minimum atomic E-state index is -0.604. The summed E-state index contributed by atoms with van der Waals surface area (Å²) in [7, 11) is 0. The molecule has 2 unspecified atom stereocenters. The highest BCUT2D eigenvalue weighted by atomic mass is 32.2. The van der Waals surface area contributed by atoms with Gasteiger partial charge in [-0.3, -0.25) is 9.59 Å². The van der Waals surface area contributed by atoms with Crippen molar-refractivity contribution < 1.29 is 9.59 Å². The number of H-pyrrole nitrogens is 1. The average molecular weight is 411 g/mol. The van der Waals surface area contributed by atoms with E-state index in [2.05, 4.69) is 20.6 Å². The first-order valence-electron chi connectivity index (χ1n) is 9.74. The summed E-state index contributed by atoms with van der Waals surface area (Å²) in [5.74, 6) is 0.163. The Hall–Kier alpha value is -2.80. The quantitative estimate of drug-likeness (QED) is 0.492. The van der Waals surface area contributed by atoms with Crippen molar-refractivity contribution in [1.29, 1.82) is 0 Å². The summed E-state index contributed by atoms with van der Waals surface area (Å²) in [4.78, 5) is 32.8. The number of benzene rings is 2. The Morgan fingerprint density at radius 2 is 1.79 bits per heavy atom. The molecule has 0 aliphatic rings. The Bertz CT molecular complexity index is 968. The first kappa shape index (κ1) is 20.9. The molecule has 0 aliphatic heterocycles. The Morgan fingerprint density at radius 1 is 1.07 bits per heavy atom. The third kappa shape index (κ3) is 5.38. The third-order valence-electron chi connectivity index (χ3n) is 4.74. The molecular weight excluding hydrogens is 384 g/mol. The molecule has 3 aromatic rings. The number of carbonyl (C=O) groups is 2. The van der Waals surface area contributed by atoms with Crippen LogP contribution in [0.15, 0.2) is 53.7 Å². The molecule has 3 N–H and O–H groups in total. The molecule has 0 fully saturated rings. The van der Waals surface area contributed by atoms with Crippen LogP contribution >= 0.6 is 11.8 Å². The molecule has 2 amide bonds. The lowest BCUT2D eigenvalue weighted by Gasteiger charge is -2.18. The zero-order chi connectivity index (χ0) is 20.8. The number of hydrogen-bond acceptors (Lipinski definition) is 4. The van der Waals surface area contributed by atoms with Gasteiger partial charge in [0.15, 0.2) is 5.16 Å².